The minimum Gasteiger partial charge on any atom is -0.465 e. The van der Waals surface area contributed by atoms with Gasteiger partial charge in [0.05, 0.1) is 12.7 Å². The lowest BCUT2D eigenvalue weighted by Crippen LogP contribution is -2.28. The summed E-state index contributed by atoms with van der Waals surface area (Å²) >= 11 is 13.0. The molecule has 3 rings (SSSR count). The highest BCUT2D eigenvalue weighted by Gasteiger charge is 2.25. The van der Waals surface area contributed by atoms with E-state index >= 15 is 0 Å². The van der Waals surface area contributed by atoms with Gasteiger partial charge in [-0.25, -0.2) is 4.79 Å². The molecule has 138 valence electrons. The first-order chi connectivity index (χ1) is 12.6. The number of nitrogens with one attached hydrogen (secondary N) is 2. The summed E-state index contributed by atoms with van der Waals surface area (Å²) in [5.41, 5.74) is 2.80. The van der Waals surface area contributed by atoms with Gasteiger partial charge in [-0.3, -0.25) is 0 Å². The SMILES string of the molecule is COC(=O)c1c(NC(=S)NCc2cccc(Cl)c2)sc2c1CCCCC2. The summed E-state index contributed by atoms with van der Waals surface area (Å²) in [6, 6.07) is 7.61. The minimum absolute atomic E-state index is 0.301. The van der Waals surface area contributed by atoms with Gasteiger partial charge >= 0.3 is 5.97 Å². The molecule has 1 aromatic carbocycles. The number of esters is 1. The van der Waals surface area contributed by atoms with E-state index in [4.69, 9.17) is 28.6 Å². The van der Waals surface area contributed by atoms with Gasteiger partial charge in [-0.15, -0.1) is 11.3 Å². The molecular weight excluding hydrogens is 388 g/mol. The molecule has 0 saturated carbocycles. The first-order valence-electron chi connectivity index (χ1n) is 8.60. The van der Waals surface area contributed by atoms with Crippen LogP contribution in [0.2, 0.25) is 5.02 Å². The van der Waals surface area contributed by atoms with E-state index in [1.54, 1.807) is 11.3 Å². The number of hydrogen-bond acceptors (Lipinski definition) is 4. The topological polar surface area (TPSA) is 50.4 Å². The largest absolute Gasteiger partial charge is 0.465 e. The first kappa shape index (κ1) is 19.1. The van der Waals surface area contributed by atoms with Gasteiger partial charge in [0.1, 0.15) is 5.00 Å². The van der Waals surface area contributed by atoms with Gasteiger partial charge < -0.3 is 15.4 Å². The highest BCUT2D eigenvalue weighted by molar-refractivity contribution is 7.80. The maximum absolute atomic E-state index is 12.3. The minimum atomic E-state index is -0.301. The van der Waals surface area contributed by atoms with Crippen LogP contribution in [0.4, 0.5) is 5.00 Å². The lowest BCUT2D eigenvalue weighted by atomic mass is 10.1. The summed E-state index contributed by atoms with van der Waals surface area (Å²) in [7, 11) is 1.42. The van der Waals surface area contributed by atoms with E-state index in [9.17, 15) is 4.79 Å². The van der Waals surface area contributed by atoms with Crippen molar-refractivity contribution in [3.8, 4) is 0 Å². The lowest BCUT2D eigenvalue weighted by molar-refractivity contribution is 0.0601. The van der Waals surface area contributed by atoms with Crippen LogP contribution in [0.3, 0.4) is 0 Å². The van der Waals surface area contributed by atoms with Crippen molar-refractivity contribution in [1.29, 1.82) is 0 Å². The Morgan fingerprint density at radius 1 is 1.31 bits per heavy atom. The summed E-state index contributed by atoms with van der Waals surface area (Å²) < 4.78 is 5.02. The van der Waals surface area contributed by atoms with E-state index in [1.165, 1.54) is 18.4 Å². The molecule has 1 heterocycles. The Balaban J connectivity index is 1.74. The number of fused-ring (bicyclic) bond motifs is 1. The van der Waals surface area contributed by atoms with Crippen molar-refractivity contribution in [3.63, 3.8) is 0 Å². The predicted molar refractivity (Wildman–Crippen MR) is 111 cm³/mol. The second-order valence-corrected chi connectivity index (χ2v) is 8.15. The molecule has 0 fully saturated rings. The molecule has 1 aromatic heterocycles. The molecule has 0 amide bonds. The predicted octanol–water partition coefficient (Wildman–Crippen LogP) is 4.94. The third-order valence-corrected chi connectivity index (χ3v) is 6.07. The summed E-state index contributed by atoms with van der Waals surface area (Å²) in [6.07, 6.45) is 5.38. The summed E-state index contributed by atoms with van der Waals surface area (Å²) in [5, 5.41) is 8.30. The molecule has 0 bridgehead atoms. The summed E-state index contributed by atoms with van der Waals surface area (Å²) in [6.45, 7) is 0.561. The van der Waals surface area contributed by atoms with Gasteiger partial charge in [0, 0.05) is 16.4 Å². The standard InChI is InChI=1S/C19H21ClN2O2S2/c1-24-18(23)16-14-8-3-2-4-9-15(14)26-17(16)22-19(25)21-11-12-6-5-7-13(20)10-12/h5-7,10H,2-4,8-9,11H2,1H3,(H2,21,22,25). The molecule has 0 saturated heterocycles. The molecule has 26 heavy (non-hydrogen) atoms. The van der Waals surface area contributed by atoms with Crippen LogP contribution in [0, 0.1) is 0 Å². The van der Waals surface area contributed by atoms with Gasteiger partial charge in [-0.2, -0.15) is 0 Å². The number of anilines is 1. The molecule has 2 aromatic rings. The van der Waals surface area contributed by atoms with Gasteiger partial charge in [0.2, 0.25) is 0 Å². The average Bonchev–Trinajstić information content (AvgIpc) is 2.80. The van der Waals surface area contributed by atoms with Crippen molar-refractivity contribution in [2.75, 3.05) is 12.4 Å². The van der Waals surface area contributed by atoms with E-state index < -0.39 is 0 Å². The number of thiophene rings is 1. The van der Waals surface area contributed by atoms with Crippen LogP contribution in [-0.2, 0) is 24.1 Å². The van der Waals surface area contributed by atoms with Crippen LogP contribution in [0.5, 0.6) is 0 Å². The normalized spacial score (nSPS) is 13.5. The van der Waals surface area contributed by atoms with Crippen LogP contribution in [0.15, 0.2) is 24.3 Å². The Bertz CT molecular complexity index is 820. The van der Waals surface area contributed by atoms with Crippen LogP contribution in [0.1, 0.15) is 45.6 Å². The highest BCUT2D eigenvalue weighted by atomic mass is 35.5. The average molecular weight is 409 g/mol. The zero-order chi connectivity index (χ0) is 18.5. The fourth-order valence-electron chi connectivity index (χ4n) is 3.13. The van der Waals surface area contributed by atoms with Crippen molar-refractivity contribution < 1.29 is 9.53 Å². The number of rotatable bonds is 4. The number of methoxy groups -OCH3 is 1. The van der Waals surface area contributed by atoms with Crippen molar-refractivity contribution in [2.45, 2.75) is 38.6 Å². The van der Waals surface area contributed by atoms with Crippen LogP contribution in [-0.4, -0.2) is 18.2 Å². The second-order valence-electron chi connectivity index (χ2n) is 6.20. The van der Waals surface area contributed by atoms with Crippen molar-refractivity contribution in [3.05, 3.63) is 50.9 Å². The zero-order valence-electron chi connectivity index (χ0n) is 14.6. The molecule has 0 atom stereocenters. The summed E-state index contributed by atoms with van der Waals surface area (Å²) in [5.74, 6) is -0.301. The molecular formula is C19H21ClN2O2S2. The smallest absolute Gasteiger partial charge is 0.341 e. The number of aryl methyl sites for hydroxylation is 1. The molecule has 0 spiro atoms. The molecule has 4 nitrogen and oxygen atoms in total. The van der Waals surface area contributed by atoms with E-state index in [-0.39, 0.29) is 5.97 Å². The van der Waals surface area contributed by atoms with E-state index in [2.05, 4.69) is 10.6 Å². The highest BCUT2D eigenvalue weighted by Crippen LogP contribution is 2.37. The van der Waals surface area contributed by atoms with Gasteiger partial charge in [-0.1, -0.05) is 30.2 Å². The monoisotopic (exact) mass is 408 g/mol. The maximum Gasteiger partial charge on any atom is 0.341 e. The fraction of sp³-hybridized carbons (Fsp3) is 0.368. The Hall–Kier alpha value is -1.63. The van der Waals surface area contributed by atoms with E-state index in [0.29, 0.717) is 22.2 Å². The Morgan fingerprint density at radius 3 is 2.88 bits per heavy atom. The number of carbonyl (C=O) groups is 1. The number of ether oxygens (including phenoxy) is 1. The van der Waals surface area contributed by atoms with E-state index in [1.807, 2.05) is 24.3 Å². The lowest BCUT2D eigenvalue weighted by Gasteiger charge is -2.11. The second kappa shape index (κ2) is 8.84. The van der Waals surface area contributed by atoms with E-state index in [0.717, 1.165) is 41.8 Å². The molecule has 1 aliphatic carbocycles. The quantitative estimate of drug-likeness (QED) is 0.426. The number of carbonyl (C=O) groups excluding carboxylic acids is 1. The maximum atomic E-state index is 12.3. The van der Waals surface area contributed by atoms with Gasteiger partial charge in [-0.05, 0) is 61.2 Å². The van der Waals surface area contributed by atoms with Gasteiger partial charge in [0.15, 0.2) is 5.11 Å². The Labute approximate surface area is 167 Å². The van der Waals surface area contributed by atoms with Crippen LogP contribution in [0.25, 0.3) is 0 Å². The summed E-state index contributed by atoms with van der Waals surface area (Å²) in [4.78, 5) is 13.6. The third-order valence-electron chi connectivity index (χ3n) is 4.38. The fourth-order valence-corrected chi connectivity index (χ4v) is 4.86. The molecule has 0 aliphatic heterocycles. The van der Waals surface area contributed by atoms with Crippen LogP contribution >= 0.6 is 35.2 Å². The molecule has 2 N–H and O–H groups in total. The number of thiocarbonyl (C=S) groups is 1. The number of halogens is 1. The molecule has 0 radical (unpaired) electrons. The van der Waals surface area contributed by atoms with Crippen molar-refractivity contribution in [1.82, 2.24) is 5.32 Å². The Morgan fingerprint density at radius 2 is 2.12 bits per heavy atom. The zero-order valence-corrected chi connectivity index (χ0v) is 17.0. The molecule has 0 unspecified atom stereocenters. The molecule has 1 aliphatic rings. The van der Waals surface area contributed by atoms with Gasteiger partial charge in [0.25, 0.3) is 0 Å². The number of hydrogen-bond donors (Lipinski definition) is 2. The molecule has 7 heteroatoms. The first-order valence-corrected chi connectivity index (χ1v) is 10.2. The van der Waals surface area contributed by atoms with Crippen molar-refractivity contribution >= 4 is 51.2 Å². The van der Waals surface area contributed by atoms with Crippen molar-refractivity contribution in [2.24, 2.45) is 0 Å². The number of benzene rings is 1. The Kier molecular flexibility index (Phi) is 6.51. The third kappa shape index (κ3) is 4.55. The van der Waals surface area contributed by atoms with Crippen LogP contribution < -0.4 is 10.6 Å².